The first-order valence-corrected chi connectivity index (χ1v) is 11.8. The van der Waals surface area contributed by atoms with Crippen LogP contribution in [-0.2, 0) is 4.74 Å². The molecule has 0 radical (unpaired) electrons. The summed E-state index contributed by atoms with van der Waals surface area (Å²) in [5, 5.41) is 6.91. The van der Waals surface area contributed by atoms with Gasteiger partial charge in [0, 0.05) is 45.3 Å². The van der Waals surface area contributed by atoms with Crippen LogP contribution < -0.4 is 20.3 Å². The van der Waals surface area contributed by atoms with Crippen molar-refractivity contribution >= 4 is 29.1 Å². The van der Waals surface area contributed by atoms with Gasteiger partial charge in [-0.2, -0.15) is 9.97 Å². The van der Waals surface area contributed by atoms with Gasteiger partial charge in [-0.25, -0.2) is 0 Å². The molecule has 1 aromatic heterocycles. The lowest BCUT2D eigenvalue weighted by atomic mass is 10.0. The maximum absolute atomic E-state index is 6.02. The van der Waals surface area contributed by atoms with Crippen LogP contribution in [0.25, 0.3) is 0 Å². The number of thiocarbonyl (C=S) groups is 1. The van der Waals surface area contributed by atoms with Crippen LogP contribution in [0.15, 0.2) is 36.4 Å². The first-order chi connectivity index (χ1) is 15.7. The van der Waals surface area contributed by atoms with Gasteiger partial charge >= 0.3 is 0 Å². The Kier molecular flexibility index (Phi) is 8.08. The molecule has 2 aromatic rings. The van der Waals surface area contributed by atoms with E-state index in [4.69, 9.17) is 26.7 Å². The molecule has 0 unspecified atom stereocenters. The summed E-state index contributed by atoms with van der Waals surface area (Å²) in [5.41, 5.74) is 0. The molecular weight excluding hydrogens is 424 g/mol. The average Bonchev–Trinajstić information content (AvgIpc) is 2.80. The lowest BCUT2D eigenvalue weighted by molar-refractivity contribution is 0.0389. The summed E-state index contributed by atoms with van der Waals surface area (Å²) < 4.78 is 11.4. The molecule has 2 aliphatic heterocycles. The molecule has 0 spiro atoms. The number of hydrogen-bond acceptors (Lipinski definition) is 7. The number of ether oxygens (including phenoxy) is 2. The largest absolute Gasteiger partial charge is 0.439 e. The van der Waals surface area contributed by atoms with Crippen LogP contribution in [0.1, 0.15) is 19.8 Å². The molecule has 0 amide bonds. The van der Waals surface area contributed by atoms with E-state index in [1.807, 2.05) is 36.4 Å². The molecule has 32 heavy (non-hydrogen) atoms. The number of piperidine rings is 1. The second-order valence-electron chi connectivity index (χ2n) is 8.33. The molecule has 2 N–H and O–H groups in total. The quantitative estimate of drug-likeness (QED) is 0.611. The van der Waals surface area contributed by atoms with Gasteiger partial charge in [0.2, 0.25) is 11.8 Å². The normalized spacial score (nSPS) is 19.4. The number of para-hydroxylation sites is 1. The minimum absolute atomic E-state index is 0.440. The zero-order chi connectivity index (χ0) is 22.2. The van der Waals surface area contributed by atoms with Gasteiger partial charge in [-0.15, -0.1) is 0 Å². The summed E-state index contributed by atoms with van der Waals surface area (Å²) >= 11 is 5.49. The number of morpholine rings is 1. The molecule has 2 saturated heterocycles. The standard InChI is InChI=1S/C23H32N6O2S/c1-18-6-5-10-29(17-18)20-16-21(31-19-7-3-2-4-8-19)26-22(25-20)27-23(32)24-9-11-28-12-14-30-15-13-28/h2-4,7-8,16,18H,5-6,9-15,17H2,1H3,(H2,24,25,26,27,32)/t18-/m1/s1. The molecule has 0 bridgehead atoms. The molecule has 0 saturated carbocycles. The Balaban J connectivity index is 1.42. The van der Waals surface area contributed by atoms with Gasteiger partial charge in [0.05, 0.1) is 13.2 Å². The Labute approximate surface area is 195 Å². The number of nitrogens with one attached hydrogen (secondary N) is 2. The molecule has 0 aliphatic carbocycles. The third-order valence-corrected chi connectivity index (χ3v) is 5.92. The summed E-state index contributed by atoms with van der Waals surface area (Å²) in [6, 6.07) is 11.6. The van der Waals surface area contributed by atoms with E-state index in [1.54, 1.807) is 0 Å². The van der Waals surface area contributed by atoms with Crippen molar-refractivity contribution in [3.8, 4) is 11.6 Å². The monoisotopic (exact) mass is 456 g/mol. The van der Waals surface area contributed by atoms with Crippen LogP contribution in [0.4, 0.5) is 11.8 Å². The Bertz CT molecular complexity index is 878. The van der Waals surface area contributed by atoms with Crippen molar-refractivity contribution in [1.82, 2.24) is 20.2 Å². The highest BCUT2D eigenvalue weighted by atomic mass is 32.1. The third-order valence-electron chi connectivity index (χ3n) is 5.68. The van der Waals surface area contributed by atoms with Gasteiger partial charge in [-0.1, -0.05) is 25.1 Å². The van der Waals surface area contributed by atoms with E-state index >= 15 is 0 Å². The van der Waals surface area contributed by atoms with E-state index in [1.165, 1.54) is 6.42 Å². The summed E-state index contributed by atoms with van der Waals surface area (Å²) in [5.74, 6) is 3.17. The summed E-state index contributed by atoms with van der Waals surface area (Å²) in [6.45, 7) is 9.41. The second-order valence-corrected chi connectivity index (χ2v) is 8.74. The Morgan fingerprint density at radius 1 is 1.19 bits per heavy atom. The van der Waals surface area contributed by atoms with Crippen molar-refractivity contribution in [3.63, 3.8) is 0 Å². The van der Waals surface area contributed by atoms with Gasteiger partial charge < -0.3 is 25.0 Å². The van der Waals surface area contributed by atoms with Crippen molar-refractivity contribution in [2.24, 2.45) is 5.92 Å². The molecule has 1 atom stereocenters. The van der Waals surface area contributed by atoms with Gasteiger partial charge in [-0.3, -0.25) is 4.90 Å². The lowest BCUT2D eigenvalue weighted by Gasteiger charge is -2.32. The van der Waals surface area contributed by atoms with Crippen molar-refractivity contribution < 1.29 is 9.47 Å². The van der Waals surface area contributed by atoms with E-state index in [9.17, 15) is 0 Å². The molecule has 172 valence electrons. The van der Waals surface area contributed by atoms with E-state index in [0.717, 1.165) is 70.5 Å². The number of benzene rings is 1. The SMILES string of the molecule is C[C@@H]1CCCN(c2cc(Oc3ccccc3)nc(NC(=S)NCCN3CCOCC3)n2)C1. The summed E-state index contributed by atoms with van der Waals surface area (Å²) in [4.78, 5) is 14.0. The topological polar surface area (TPSA) is 74.8 Å². The number of anilines is 2. The van der Waals surface area contributed by atoms with Gasteiger partial charge in [0.25, 0.3) is 0 Å². The van der Waals surface area contributed by atoms with Gasteiger partial charge in [0.1, 0.15) is 11.6 Å². The first-order valence-electron chi connectivity index (χ1n) is 11.4. The van der Waals surface area contributed by atoms with Gasteiger partial charge in [0.15, 0.2) is 5.11 Å². The third kappa shape index (κ3) is 6.75. The van der Waals surface area contributed by atoms with E-state index in [-0.39, 0.29) is 0 Å². The van der Waals surface area contributed by atoms with E-state index in [0.29, 0.717) is 22.9 Å². The predicted octanol–water partition coefficient (Wildman–Crippen LogP) is 3.12. The zero-order valence-corrected chi connectivity index (χ0v) is 19.4. The number of rotatable bonds is 7. The van der Waals surface area contributed by atoms with Crippen molar-refractivity contribution in [3.05, 3.63) is 36.4 Å². The second kappa shape index (κ2) is 11.4. The van der Waals surface area contributed by atoms with E-state index in [2.05, 4.69) is 32.3 Å². The molecular formula is C23H32N6O2S. The molecule has 2 aliphatic rings. The number of aromatic nitrogens is 2. The maximum atomic E-state index is 6.02. The minimum atomic E-state index is 0.440. The van der Waals surface area contributed by atoms with Crippen LogP contribution in [0.5, 0.6) is 11.6 Å². The Morgan fingerprint density at radius 2 is 2.00 bits per heavy atom. The zero-order valence-electron chi connectivity index (χ0n) is 18.6. The Morgan fingerprint density at radius 3 is 2.78 bits per heavy atom. The highest BCUT2D eigenvalue weighted by Gasteiger charge is 2.20. The van der Waals surface area contributed by atoms with Crippen molar-refractivity contribution in [2.45, 2.75) is 19.8 Å². The fourth-order valence-corrected chi connectivity index (χ4v) is 4.18. The van der Waals surface area contributed by atoms with Crippen molar-refractivity contribution in [1.29, 1.82) is 0 Å². The predicted molar refractivity (Wildman–Crippen MR) is 131 cm³/mol. The highest BCUT2D eigenvalue weighted by molar-refractivity contribution is 7.80. The fourth-order valence-electron chi connectivity index (χ4n) is 3.99. The minimum Gasteiger partial charge on any atom is -0.439 e. The van der Waals surface area contributed by atoms with Crippen LogP contribution in [0.2, 0.25) is 0 Å². The number of hydrogen-bond donors (Lipinski definition) is 2. The van der Waals surface area contributed by atoms with Crippen molar-refractivity contribution in [2.75, 3.05) is 62.7 Å². The summed E-state index contributed by atoms with van der Waals surface area (Å²) in [7, 11) is 0. The molecule has 2 fully saturated rings. The lowest BCUT2D eigenvalue weighted by Crippen LogP contribution is -2.42. The van der Waals surface area contributed by atoms with Crippen LogP contribution >= 0.6 is 12.2 Å². The fraction of sp³-hybridized carbons (Fsp3) is 0.522. The molecule has 3 heterocycles. The van der Waals surface area contributed by atoms with Crippen LogP contribution in [0.3, 0.4) is 0 Å². The van der Waals surface area contributed by atoms with Crippen LogP contribution in [0, 0.1) is 5.92 Å². The molecule has 1 aromatic carbocycles. The smallest absolute Gasteiger partial charge is 0.234 e. The maximum Gasteiger partial charge on any atom is 0.234 e. The highest BCUT2D eigenvalue weighted by Crippen LogP contribution is 2.27. The van der Waals surface area contributed by atoms with Gasteiger partial charge in [-0.05, 0) is 43.1 Å². The average molecular weight is 457 g/mol. The summed E-state index contributed by atoms with van der Waals surface area (Å²) in [6.07, 6.45) is 2.40. The first kappa shape index (κ1) is 22.7. The molecule has 8 nitrogen and oxygen atoms in total. The molecule has 9 heteroatoms. The molecule has 4 rings (SSSR count). The van der Waals surface area contributed by atoms with E-state index < -0.39 is 0 Å². The Hall–Kier alpha value is -2.49. The van der Waals surface area contributed by atoms with Crippen LogP contribution in [-0.4, -0.2) is 72.5 Å². The number of nitrogens with zero attached hydrogens (tertiary/aromatic N) is 4.